The molecule has 1 saturated heterocycles. The summed E-state index contributed by atoms with van der Waals surface area (Å²) in [5.41, 5.74) is 12.3. The largest absolute Gasteiger partial charge is 0.361 e. The number of rotatable bonds is 4. The van der Waals surface area contributed by atoms with Crippen molar-refractivity contribution in [3.05, 3.63) is 76.9 Å². The fraction of sp³-hybridized carbons (Fsp3) is 0.292. The van der Waals surface area contributed by atoms with Crippen LogP contribution >= 0.6 is 11.3 Å². The first kappa shape index (κ1) is 18.6. The Kier molecular flexibility index (Phi) is 4.96. The maximum atomic E-state index is 6.45. The van der Waals surface area contributed by atoms with Gasteiger partial charge < -0.3 is 15.6 Å². The molecule has 1 aliphatic heterocycles. The Balaban J connectivity index is 1.45. The number of fused-ring (bicyclic) bond motifs is 1. The molecule has 0 amide bonds. The Morgan fingerprint density at radius 2 is 1.93 bits per heavy atom. The zero-order valence-corrected chi connectivity index (χ0v) is 17.5. The molecule has 0 radical (unpaired) electrons. The lowest BCUT2D eigenvalue weighted by atomic mass is 9.89. The van der Waals surface area contributed by atoms with Crippen LogP contribution in [0.3, 0.4) is 0 Å². The normalized spacial score (nSPS) is 17.0. The average molecular weight is 403 g/mol. The van der Waals surface area contributed by atoms with Gasteiger partial charge in [-0.3, -0.25) is 0 Å². The number of nitrogens with zero attached hydrogens (tertiary/aromatic N) is 2. The lowest BCUT2D eigenvalue weighted by Gasteiger charge is -2.28. The molecule has 4 nitrogen and oxygen atoms in total. The summed E-state index contributed by atoms with van der Waals surface area (Å²) in [6.45, 7) is 2.34. The average Bonchev–Trinajstić information content (AvgIpc) is 3.41. The summed E-state index contributed by atoms with van der Waals surface area (Å²) in [6.07, 6.45) is 4.66. The zero-order chi connectivity index (χ0) is 19.8. The number of aromatic amines is 1. The van der Waals surface area contributed by atoms with E-state index in [4.69, 9.17) is 10.7 Å². The molecule has 29 heavy (non-hydrogen) atoms. The van der Waals surface area contributed by atoms with Crippen molar-refractivity contribution in [2.24, 2.45) is 5.73 Å². The maximum Gasteiger partial charge on any atom is 0.123 e. The van der Waals surface area contributed by atoms with E-state index in [1.54, 1.807) is 11.3 Å². The van der Waals surface area contributed by atoms with Crippen LogP contribution in [0.4, 0.5) is 0 Å². The smallest absolute Gasteiger partial charge is 0.123 e. The zero-order valence-electron chi connectivity index (χ0n) is 16.6. The number of likely N-dealkylation sites (tertiary alicyclic amines) is 1. The molecule has 1 aliphatic rings. The molecule has 5 rings (SSSR count). The van der Waals surface area contributed by atoms with Gasteiger partial charge in [-0.25, -0.2) is 4.98 Å². The molecule has 0 saturated carbocycles. The number of hydrogen-bond acceptors (Lipinski definition) is 4. The van der Waals surface area contributed by atoms with Crippen molar-refractivity contribution in [2.45, 2.75) is 24.8 Å². The molecule has 5 heteroatoms. The van der Waals surface area contributed by atoms with Crippen LogP contribution in [0.25, 0.3) is 21.5 Å². The van der Waals surface area contributed by atoms with Crippen molar-refractivity contribution in [3.63, 3.8) is 0 Å². The molecule has 1 atom stereocenters. The lowest BCUT2D eigenvalue weighted by molar-refractivity contribution is 0.256. The quantitative estimate of drug-likeness (QED) is 0.496. The summed E-state index contributed by atoms with van der Waals surface area (Å²) < 4.78 is 0. The molecule has 1 fully saturated rings. The van der Waals surface area contributed by atoms with Gasteiger partial charge in [-0.2, -0.15) is 0 Å². The van der Waals surface area contributed by atoms with Gasteiger partial charge in [0.1, 0.15) is 5.01 Å². The van der Waals surface area contributed by atoms with Crippen molar-refractivity contribution in [3.8, 4) is 10.6 Å². The summed E-state index contributed by atoms with van der Waals surface area (Å²) >= 11 is 1.67. The van der Waals surface area contributed by atoms with E-state index in [0.717, 1.165) is 16.3 Å². The summed E-state index contributed by atoms with van der Waals surface area (Å²) in [7, 11) is 2.21. The van der Waals surface area contributed by atoms with Crippen LogP contribution in [0, 0.1) is 0 Å². The van der Waals surface area contributed by atoms with E-state index in [1.165, 1.54) is 48.0 Å². The fourth-order valence-corrected chi connectivity index (χ4v) is 5.18. The number of hydrogen-bond donors (Lipinski definition) is 2. The van der Waals surface area contributed by atoms with E-state index in [1.807, 2.05) is 18.2 Å². The first-order valence-electron chi connectivity index (χ1n) is 10.2. The van der Waals surface area contributed by atoms with Crippen molar-refractivity contribution in [1.82, 2.24) is 14.9 Å². The van der Waals surface area contributed by atoms with Crippen LogP contribution in [0.1, 0.15) is 41.6 Å². The van der Waals surface area contributed by atoms with E-state index in [2.05, 4.69) is 58.8 Å². The predicted octanol–water partition coefficient (Wildman–Crippen LogP) is 5.15. The maximum absolute atomic E-state index is 6.45. The third-order valence-electron chi connectivity index (χ3n) is 6.12. The SMILES string of the molecule is CN1CCC(c2c[nH]c3ccc(-c4nc(C(N)c5ccccc5)cs4)cc23)CC1. The number of nitrogens with two attached hydrogens (primary N) is 1. The molecule has 2 aromatic carbocycles. The third-order valence-corrected chi connectivity index (χ3v) is 7.03. The summed E-state index contributed by atoms with van der Waals surface area (Å²) in [5, 5.41) is 4.46. The minimum Gasteiger partial charge on any atom is -0.361 e. The molecule has 1 unspecified atom stereocenters. The van der Waals surface area contributed by atoms with Crippen LogP contribution in [-0.4, -0.2) is 35.0 Å². The van der Waals surface area contributed by atoms with E-state index < -0.39 is 0 Å². The molecule has 3 heterocycles. The molecule has 148 valence electrons. The minimum atomic E-state index is -0.188. The van der Waals surface area contributed by atoms with Crippen molar-refractivity contribution in [2.75, 3.05) is 20.1 Å². The number of thiazole rings is 1. The molecular weight excluding hydrogens is 376 g/mol. The second-order valence-electron chi connectivity index (χ2n) is 8.05. The van der Waals surface area contributed by atoms with Gasteiger partial charge in [0.15, 0.2) is 0 Å². The van der Waals surface area contributed by atoms with Crippen LogP contribution in [0.5, 0.6) is 0 Å². The molecule has 4 aromatic rings. The van der Waals surface area contributed by atoms with Gasteiger partial charge in [0.05, 0.1) is 11.7 Å². The van der Waals surface area contributed by atoms with E-state index >= 15 is 0 Å². The highest BCUT2D eigenvalue weighted by Gasteiger charge is 2.21. The number of piperidine rings is 1. The molecule has 3 N–H and O–H groups in total. The van der Waals surface area contributed by atoms with Crippen LogP contribution in [-0.2, 0) is 0 Å². The molecule has 2 aromatic heterocycles. The van der Waals surface area contributed by atoms with Gasteiger partial charge in [0, 0.05) is 28.0 Å². The Morgan fingerprint density at radius 1 is 1.14 bits per heavy atom. The van der Waals surface area contributed by atoms with Gasteiger partial charge in [0.25, 0.3) is 0 Å². The predicted molar refractivity (Wildman–Crippen MR) is 121 cm³/mol. The molecule has 0 aliphatic carbocycles. The number of aromatic nitrogens is 2. The highest BCUT2D eigenvalue weighted by Crippen LogP contribution is 2.36. The third kappa shape index (κ3) is 3.62. The van der Waals surface area contributed by atoms with Crippen molar-refractivity contribution in [1.29, 1.82) is 0 Å². The second kappa shape index (κ2) is 7.75. The van der Waals surface area contributed by atoms with E-state index in [9.17, 15) is 0 Å². The van der Waals surface area contributed by atoms with Gasteiger partial charge >= 0.3 is 0 Å². The lowest BCUT2D eigenvalue weighted by Crippen LogP contribution is -2.29. The van der Waals surface area contributed by atoms with E-state index in [-0.39, 0.29) is 6.04 Å². The monoisotopic (exact) mass is 402 g/mol. The molecule has 0 bridgehead atoms. The number of H-pyrrole nitrogens is 1. The highest BCUT2D eigenvalue weighted by molar-refractivity contribution is 7.13. The number of nitrogens with one attached hydrogen (secondary N) is 1. The van der Waals surface area contributed by atoms with Crippen LogP contribution in [0.15, 0.2) is 60.1 Å². The molecule has 0 spiro atoms. The van der Waals surface area contributed by atoms with Crippen LogP contribution < -0.4 is 5.73 Å². The highest BCUT2D eigenvalue weighted by atomic mass is 32.1. The van der Waals surface area contributed by atoms with Crippen molar-refractivity contribution >= 4 is 22.2 Å². The first-order valence-corrected chi connectivity index (χ1v) is 11.1. The Bertz CT molecular complexity index is 1110. The van der Waals surface area contributed by atoms with E-state index in [0.29, 0.717) is 5.92 Å². The topological polar surface area (TPSA) is 57.9 Å². The van der Waals surface area contributed by atoms with Crippen molar-refractivity contribution < 1.29 is 0 Å². The van der Waals surface area contributed by atoms with Gasteiger partial charge in [0.2, 0.25) is 0 Å². The first-order chi connectivity index (χ1) is 14.2. The minimum absolute atomic E-state index is 0.188. The number of benzene rings is 2. The van der Waals surface area contributed by atoms with Gasteiger partial charge in [-0.1, -0.05) is 30.3 Å². The van der Waals surface area contributed by atoms with Gasteiger partial charge in [-0.05, 0) is 68.2 Å². The summed E-state index contributed by atoms with van der Waals surface area (Å²) in [5.74, 6) is 0.633. The summed E-state index contributed by atoms with van der Waals surface area (Å²) in [4.78, 5) is 10.8. The molecular formula is C24H26N4S. The summed E-state index contributed by atoms with van der Waals surface area (Å²) in [6, 6.07) is 16.6. The van der Waals surface area contributed by atoms with Crippen LogP contribution in [0.2, 0.25) is 0 Å². The van der Waals surface area contributed by atoms with Gasteiger partial charge in [-0.15, -0.1) is 11.3 Å². The second-order valence-corrected chi connectivity index (χ2v) is 8.91. The standard InChI is InChI=1S/C24H26N4S/c1-28-11-9-16(10-12-28)20-14-26-21-8-7-18(13-19(20)21)24-27-22(15-29-24)23(25)17-5-3-2-4-6-17/h2-8,13-16,23,26H,9-12,25H2,1H3. The Hall–Kier alpha value is -2.47. The Morgan fingerprint density at radius 3 is 2.72 bits per heavy atom. The Labute approximate surface area is 175 Å². The fourth-order valence-electron chi connectivity index (χ4n) is 4.33.